The predicted molar refractivity (Wildman–Crippen MR) is 91.4 cm³/mol. The molecule has 1 aromatic rings. The number of ether oxygens (including phenoxy) is 1. The first kappa shape index (κ1) is 17.4. The number of halogens is 1. The van der Waals surface area contributed by atoms with Crippen molar-refractivity contribution < 1.29 is 13.9 Å². The van der Waals surface area contributed by atoms with Crippen molar-refractivity contribution in [3.05, 3.63) is 35.6 Å². The maximum absolute atomic E-state index is 13.8. The Bertz CT molecular complexity index is 570. The SMILES string of the molecule is CNCC1CCCN(C(=O)C2(c3cccc(F)c3)CCOCC2)C1. The summed E-state index contributed by atoms with van der Waals surface area (Å²) >= 11 is 0. The van der Waals surface area contributed by atoms with Crippen molar-refractivity contribution in [3.8, 4) is 0 Å². The Morgan fingerprint density at radius 2 is 2.21 bits per heavy atom. The highest BCUT2D eigenvalue weighted by atomic mass is 19.1. The van der Waals surface area contributed by atoms with Crippen molar-refractivity contribution in [1.29, 1.82) is 0 Å². The molecule has 1 unspecified atom stereocenters. The van der Waals surface area contributed by atoms with E-state index in [4.69, 9.17) is 4.74 Å². The van der Waals surface area contributed by atoms with Crippen LogP contribution in [0, 0.1) is 11.7 Å². The first-order valence-electron chi connectivity index (χ1n) is 8.93. The molecule has 132 valence electrons. The summed E-state index contributed by atoms with van der Waals surface area (Å²) in [6.07, 6.45) is 3.44. The second-order valence-electron chi connectivity index (χ2n) is 7.02. The average Bonchev–Trinajstić information content (AvgIpc) is 2.62. The van der Waals surface area contributed by atoms with Crippen molar-refractivity contribution in [2.45, 2.75) is 31.1 Å². The number of nitrogens with zero attached hydrogens (tertiary/aromatic N) is 1. The molecule has 1 amide bonds. The van der Waals surface area contributed by atoms with E-state index in [1.54, 1.807) is 6.07 Å². The largest absolute Gasteiger partial charge is 0.381 e. The fraction of sp³-hybridized carbons (Fsp3) is 0.632. The Hall–Kier alpha value is -1.46. The number of hydrogen-bond acceptors (Lipinski definition) is 3. The van der Waals surface area contributed by atoms with Gasteiger partial charge in [-0.1, -0.05) is 12.1 Å². The van der Waals surface area contributed by atoms with Crippen LogP contribution in [-0.2, 0) is 14.9 Å². The third-order valence-electron chi connectivity index (χ3n) is 5.43. The molecule has 1 N–H and O–H groups in total. The van der Waals surface area contributed by atoms with Gasteiger partial charge in [0.1, 0.15) is 5.82 Å². The highest BCUT2D eigenvalue weighted by Crippen LogP contribution is 2.38. The lowest BCUT2D eigenvalue weighted by molar-refractivity contribution is -0.143. The van der Waals surface area contributed by atoms with Gasteiger partial charge in [0, 0.05) is 26.3 Å². The van der Waals surface area contributed by atoms with Crippen molar-refractivity contribution in [2.75, 3.05) is 39.9 Å². The summed E-state index contributed by atoms with van der Waals surface area (Å²) in [6, 6.07) is 6.56. The summed E-state index contributed by atoms with van der Waals surface area (Å²) in [6.45, 7) is 3.63. The summed E-state index contributed by atoms with van der Waals surface area (Å²) in [4.78, 5) is 15.5. The number of benzene rings is 1. The molecule has 0 radical (unpaired) electrons. The van der Waals surface area contributed by atoms with E-state index < -0.39 is 5.41 Å². The second-order valence-corrected chi connectivity index (χ2v) is 7.02. The normalized spacial score (nSPS) is 23.9. The van der Waals surface area contributed by atoms with Gasteiger partial charge in [0.05, 0.1) is 5.41 Å². The van der Waals surface area contributed by atoms with Gasteiger partial charge in [-0.3, -0.25) is 4.79 Å². The van der Waals surface area contributed by atoms with Crippen LogP contribution in [-0.4, -0.2) is 50.7 Å². The number of nitrogens with one attached hydrogen (secondary N) is 1. The summed E-state index contributed by atoms with van der Waals surface area (Å²) < 4.78 is 19.3. The summed E-state index contributed by atoms with van der Waals surface area (Å²) in [7, 11) is 1.95. The van der Waals surface area contributed by atoms with Crippen LogP contribution in [0.1, 0.15) is 31.2 Å². The maximum Gasteiger partial charge on any atom is 0.233 e. The fourth-order valence-corrected chi connectivity index (χ4v) is 4.14. The lowest BCUT2D eigenvalue weighted by atomic mass is 9.72. The Balaban J connectivity index is 1.87. The van der Waals surface area contributed by atoms with Crippen LogP contribution in [0.15, 0.2) is 24.3 Å². The molecule has 0 aromatic heterocycles. The van der Waals surface area contributed by atoms with Gasteiger partial charge in [-0.2, -0.15) is 0 Å². The Morgan fingerprint density at radius 3 is 2.92 bits per heavy atom. The number of carbonyl (C=O) groups is 1. The molecule has 3 rings (SSSR count). The van der Waals surface area contributed by atoms with Gasteiger partial charge < -0.3 is 15.0 Å². The summed E-state index contributed by atoms with van der Waals surface area (Å²) in [5.74, 6) is 0.368. The van der Waals surface area contributed by atoms with Crippen LogP contribution < -0.4 is 5.32 Å². The topological polar surface area (TPSA) is 41.6 Å². The molecule has 1 aromatic carbocycles. The van der Waals surface area contributed by atoms with E-state index in [2.05, 4.69) is 5.32 Å². The Morgan fingerprint density at radius 1 is 1.42 bits per heavy atom. The van der Waals surface area contributed by atoms with E-state index in [0.29, 0.717) is 32.0 Å². The minimum atomic E-state index is -0.637. The fourth-order valence-electron chi connectivity index (χ4n) is 4.14. The third kappa shape index (κ3) is 3.47. The van der Waals surface area contributed by atoms with Crippen molar-refractivity contribution in [1.82, 2.24) is 10.2 Å². The molecule has 2 aliphatic heterocycles. The highest BCUT2D eigenvalue weighted by molar-refractivity contribution is 5.88. The molecule has 2 aliphatic rings. The highest BCUT2D eigenvalue weighted by Gasteiger charge is 2.44. The zero-order chi connectivity index (χ0) is 17.0. The molecule has 0 spiro atoms. The molecule has 1 atom stereocenters. The molecule has 2 fully saturated rings. The standard InChI is InChI=1S/C19H27FN2O2/c1-21-13-15-4-3-9-22(14-15)18(23)19(7-10-24-11-8-19)16-5-2-6-17(20)12-16/h2,5-6,12,15,21H,3-4,7-11,13-14H2,1H3. The van der Waals surface area contributed by atoms with Gasteiger partial charge in [0.25, 0.3) is 0 Å². The Labute approximate surface area is 143 Å². The van der Waals surface area contributed by atoms with Crippen LogP contribution in [0.25, 0.3) is 0 Å². The minimum absolute atomic E-state index is 0.150. The van der Waals surface area contributed by atoms with Gasteiger partial charge in [-0.05, 0) is 62.9 Å². The quantitative estimate of drug-likeness (QED) is 0.919. The molecule has 0 bridgehead atoms. The van der Waals surface area contributed by atoms with Gasteiger partial charge in [-0.25, -0.2) is 4.39 Å². The zero-order valence-corrected chi connectivity index (χ0v) is 14.4. The van der Waals surface area contributed by atoms with Crippen molar-refractivity contribution in [2.24, 2.45) is 5.92 Å². The number of amides is 1. The molecule has 5 heteroatoms. The maximum atomic E-state index is 13.8. The molecule has 2 heterocycles. The van der Waals surface area contributed by atoms with E-state index in [1.165, 1.54) is 12.1 Å². The summed E-state index contributed by atoms with van der Waals surface area (Å²) in [5, 5.41) is 3.22. The second kappa shape index (κ2) is 7.62. The molecule has 24 heavy (non-hydrogen) atoms. The van der Waals surface area contributed by atoms with E-state index >= 15 is 0 Å². The van der Waals surface area contributed by atoms with Crippen molar-refractivity contribution in [3.63, 3.8) is 0 Å². The van der Waals surface area contributed by atoms with Gasteiger partial charge in [0.15, 0.2) is 0 Å². The van der Waals surface area contributed by atoms with Crippen LogP contribution in [0.4, 0.5) is 4.39 Å². The number of rotatable bonds is 4. The van der Waals surface area contributed by atoms with E-state index in [9.17, 15) is 9.18 Å². The van der Waals surface area contributed by atoms with Crippen LogP contribution in [0.3, 0.4) is 0 Å². The molecule has 4 nitrogen and oxygen atoms in total. The lowest BCUT2D eigenvalue weighted by Gasteiger charge is -2.42. The zero-order valence-electron chi connectivity index (χ0n) is 14.4. The van der Waals surface area contributed by atoms with Crippen LogP contribution >= 0.6 is 0 Å². The first-order chi connectivity index (χ1) is 11.7. The molecule has 0 saturated carbocycles. The Kier molecular flexibility index (Phi) is 5.51. The average molecular weight is 334 g/mol. The van der Waals surface area contributed by atoms with E-state index in [0.717, 1.165) is 38.0 Å². The number of hydrogen-bond donors (Lipinski definition) is 1. The van der Waals surface area contributed by atoms with Gasteiger partial charge in [-0.15, -0.1) is 0 Å². The van der Waals surface area contributed by atoms with E-state index in [-0.39, 0.29) is 11.7 Å². The molecule has 0 aliphatic carbocycles. The number of carbonyl (C=O) groups excluding carboxylic acids is 1. The molecular weight excluding hydrogens is 307 g/mol. The summed E-state index contributed by atoms with van der Waals surface area (Å²) in [5.41, 5.74) is 0.161. The van der Waals surface area contributed by atoms with Gasteiger partial charge >= 0.3 is 0 Å². The minimum Gasteiger partial charge on any atom is -0.381 e. The predicted octanol–water partition coefficient (Wildman–Crippen LogP) is 2.33. The van der Waals surface area contributed by atoms with Gasteiger partial charge in [0.2, 0.25) is 5.91 Å². The smallest absolute Gasteiger partial charge is 0.233 e. The molecule has 2 saturated heterocycles. The monoisotopic (exact) mass is 334 g/mol. The third-order valence-corrected chi connectivity index (χ3v) is 5.43. The van der Waals surface area contributed by atoms with Crippen LogP contribution in [0.5, 0.6) is 0 Å². The first-order valence-corrected chi connectivity index (χ1v) is 8.93. The number of piperidine rings is 1. The van der Waals surface area contributed by atoms with Crippen molar-refractivity contribution >= 4 is 5.91 Å². The van der Waals surface area contributed by atoms with E-state index in [1.807, 2.05) is 18.0 Å². The van der Waals surface area contributed by atoms with Crippen LogP contribution in [0.2, 0.25) is 0 Å². The number of likely N-dealkylation sites (tertiary alicyclic amines) is 1. The molecular formula is C19H27FN2O2. The lowest BCUT2D eigenvalue weighted by Crippen LogP contribution is -2.53.